The zero-order valence-corrected chi connectivity index (χ0v) is 9.16. The summed E-state index contributed by atoms with van der Waals surface area (Å²) in [6.07, 6.45) is 3.35. The third kappa shape index (κ3) is 1.44. The first kappa shape index (κ1) is 10.2. The number of aliphatic carboxylic acids is 1. The Bertz CT molecular complexity index is 389. The first-order valence-electron chi connectivity index (χ1n) is 5.33. The molecule has 0 aromatic carbocycles. The molecule has 2 rings (SSSR count). The second-order valence-electron chi connectivity index (χ2n) is 4.38. The van der Waals surface area contributed by atoms with Crippen molar-refractivity contribution in [3.05, 3.63) is 17.5 Å². The highest BCUT2D eigenvalue weighted by atomic mass is 16.4. The molecular weight excluding hydrogens is 192 g/mol. The summed E-state index contributed by atoms with van der Waals surface area (Å²) >= 11 is 0. The Labute approximate surface area is 88.9 Å². The SMILES string of the molecule is Cc1cc(C)n(C2(C(=O)O)CCCC2)n1. The second kappa shape index (κ2) is 3.36. The third-order valence-electron chi connectivity index (χ3n) is 3.24. The van der Waals surface area contributed by atoms with Gasteiger partial charge in [-0.1, -0.05) is 12.8 Å². The molecule has 4 heteroatoms. The number of aromatic nitrogens is 2. The lowest BCUT2D eigenvalue weighted by atomic mass is 9.98. The van der Waals surface area contributed by atoms with Gasteiger partial charge >= 0.3 is 5.97 Å². The van der Waals surface area contributed by atoms with Gasteiger partial charge in [0, 0.05) is 5.69 Å². The van der Waals surface area contributed by atoms with Gasteiger partial charge in [0.05, 0.1) is 5.69 Å². The van der Waals surface area contributed by atoms with E-state index >= 15 is 0 Å². The number of hydrogen-bond donors (Lipinski definition) is 1. The van der Waals surface area contributed by atoms with E-state index in [-0.39, 0.29) is 0 Å². The van der Waals surface area contributed by atoms with Gasteiger partial charge in [-0.15, -0.1) is 0 Å². The molecule has 1 heterocycles. The third-order valence-corrected chi connectivity index (χ3v) is 3.24. The topological polar surface area (TPSA) is 55.1 Å². The van der Waals surface area contributed by atoms with Crippen LogP contribution in [0.4, 0.5) is 0 Å². The van der Waals surface area contributed by atoms with Gasteiger partial charge in [-0.3, -0.25) is 4.68 Å². The van der Waals surface area contributed by atoms with Crippen molar-refractivity contribution in [1.29, 1.82) is 0 Å². The highest BCUT2D eigenvalue weighted by molar-refractivity contribution is 5.77. The number of nitrogens with zero attached hydrogens (tertiary/aromatic N) is 2. The highest BCUT2D eigenvalue weighted by Gasteiger charge is 2.44. The molecule has 0 spiro atoms. The van der Waals surface area contributed by atoms with E-state index in [0.717, 1.165) is 24.2 Å². The van der Waals surface area contributed by atoms with E-state index in [2.05, 4.69) is 5.10 Å². The van der Waals surface area contributed by atoms with Gasteiger partial charge in [-0.2, -0.15) is 5.10 Å². The van der Waals surface area contributed by atoms with Crippen molar-refractivity contribution >= 4 is 5.97 Å². The van der Waals surface area contributed by atoms with Crippen LogP contribution < -0.4 is 0 Å². The van der Waals surface area contributed by atoms with Crippen LogP contribution in [-0.4, -0.2) is 20.9 Å². The average Bonchev–Trinajstić information content (AvgIpc) is 2.72. The smallest absolute Gasteiger partial charge is 0.331 e. The Balaban J connectivity index is 2.49. The van der Waals surface area contributed by atoms with E-state index in [1.165, 1.54) is 0 Å². The molecule has 0 unspecified atom stereocenters. The van der Waals surface area contributed by atoms with Crippen LogP contribution in [-0.2, 0) is 10.3 Å². The minimum absolute atomic E-state index is 0.699. The minimum atomic E-state index is -0.779. The Kier molecular flexibility index (Phi) is 2.29. The van der Waals surface area contributed by atoms with Crippen LogP contribution >= 0.6 is 0 Å². The molecule has 1 fully saturated rings. The van der Waals surface area contributed by atoms with Crippen molar-refractivity contribution in [2.45, 2.75) is 45.1 Å². The molecule has 1 aliphatic carbocycles. The fraction of sp³-hybridized carbons (Fsp3) is 0.636. The maximum Gasteiger partial charge on any atom is 0.331 e. The number of carbonyl (C=O) groups is 1. The quantitative estimate of drug-likeness (QED) is 0.807. The molecule has 1 aromatic heterocycles. The van der Waals surface area contributed by atoms with E-state index < -0.39 is 11.5 Å². The lowest BCUT2D eigenvalue weighted by Gasteiger charge is -2.25. The maximum atomic E-state index is 11.4. The summed E-state index contributed by atoms with van der Waals surface area (Å²) in [5, 5.41) is 13.7. The second-order valence-corrected chi connectivity index (χ2v) is 4.38. The Morgan fingerprint density at radius 2 is 2.07 bits per heavy atom. The highest BCUT2D eigenvalue weighted by Crippen LogP contribution is 2.37. The predicted molar refractivity (Wildman–Crippen MR) is 55.8 cm³/mol. The summed E-state index contributed by atoms with van der Waals surface area (Å²) in [7, 11) is 0. The van der Waals surface area contributed by atoms with E-state index in [9.17, 15) is 9.90 Å². The summed E-state index contributed by atoms with van der Waals surface area (Å²) in [6.45, 7) is 3.82. The van der Waals surface area contributed by atoms with Gasteiger partial charge in [0.2, 0.25) is 0 Å². The van der Waals surface area contributed by atoms with Gasteiger partial charge in [0.15, 0.2) is 5.54 Å². The van der Waals surface area contributed by atoms with Gasteiger partial charge in [-0.05, 0) is 32.8 Å². The van der Waals surface area contributed by atoms with E-state index in [4.69, 9.17) is 0 Å². The van der Waals surface area contributed by atoms with Crippen molar-refractivity contribution in [1.82, 2.24) is 9.78 Å². The summed E-state index contributed by atoms with van der Waals surface area (Å²) in [4.78, 5) is 11.4. The average molecular weight is 208 g/mol. The largest absolute Gasteiger partial charge is 0.479 e. The molecule has 0 amide bonds. The van der Waals surface area contributed by atoms with Crippen molar-refractivity contribution in [2.24, 2.45) is 0 Å². The van der Waals surface area contributed by atoms with Crippen molar-refractivity contribution in [3.63, 3.8) is 0 Å². The zero-order valence-electron chi connectivity index (χ0n) is 9.16. The normalized spacial score (nSPS) is 19.3. The van der Waals surface area contributed by atoms with E-state index in [1.54, 1.807) is 4.68 Å². The monoisotopic (exact) mass is 208 g/mol. The van der Waals surface area contributed by atoms with Crippen molar-refractivity contribution in [2.75, 3.05) is 0 Å². The fourth-order valence-electron chi connectivity index (χ4n) is 2.54. The van der Waals surface area contributed by atoms with Crippen LogP contribution in [0.2, 0.25) is 0 Å². The molecule has 82 valence electrons. The van der Waals surface area contributed by atoms with Gasteiger partial charge < -0.3 is 5.11 Å². The molecule has 0 bridgehead atoms. The summed E-state index contributed by atoms with van der Waals surface area (Å²) in [6, 6.07) is 1.93. The lowest BCUT2D eigenvalue weighted by Crippen LogP contribution is -2.40. The van der Waals surface area contributed by atoms with Crippen LogP contribution in [0.5, 0.6) is 0 Å². The minimum Gasteiger partial charge on any atom is -0.479 e. The molecule has 15 heavy (non-hydrogen) atoms. The van der Waals surface area contributed by atoms with Crippen molar-refractivity contribution < 1.29 is 9.90 Å². The number of carboxylic acids is 1. The Morgan fingerprint density at radius 1 is 1.47 bits per heavy atom. The molecule has 0 atom stereocenters. The van der Waals surface area contributed by atoms with E-state index in [1.807, 2.05) is 19.9 Å². The molecule has 1 N–H and O–H groups in total. The first-order chi connectivity index (χ1) is 7.06. The standard InChI is InChI=1S/C11H16N2O2/c1-8-7-9(2)13(12-8)11(10(14)15)5-3-4-6-11/h7H,3-6H2,1-2H3,(H,14,15). The molecule has 0 radical (unpaired) electrons. The Morgan fingerprint density at radius 3 is 2.47 bits per heavy atom. The number of carboxylic acid groups (broad SMARTS) is 1. The van der Waals surface area contributed by atoms with Gasteiger partial charge in [-0.25, -0.2) is 4.79 Å². The number of rotatable bonds is 2. The molecule has 1 saturated carbocycles. The van der Waals surface area contributed by atoms with Crippen LogP contribution in [0.1, 0.15) is 37.1 Å². The molecule has 1 aromatic rings. The molecule has 1 aliphatic rings. The number of hydrogen-bond acceptors (Lipinski definition) is 2. The molecular formula is C11H16N2O2. The lowest BCUT2D eigenvalue weighted by molar-refractivity contribution is -0.148. The molecule has 0 aliphatic heterocycles. The summed E-state index contributed by atoms with van der Waals surface area (Å²) in [5.41, 5.74) is 1.05. The van der Waals surface area contributed by atoms with Crippen LogP contribution in [0, 0.1) is 13.8 Å². The predicted octanol–water partition coefficient (Wildman–Crippen LogP) is 1.85. The Hall–Kier alpha value is -1.32. The van der Waals surface area contributed by atoms with E-state index in [0.29, 0.717) is 12.8 Å². The van der Waals surface area contributed by atoms with Crippen LogP contribution in [0.25, 0.3) is 0 Å². The number of aryl methyl sites for hydroxylation is 2. The van der Waals surface area contributed by atoms with Crippen molar-refractivity contribution in [3.8, 4) is 0 Å². The summed E-state index contributed by atoms with van der Waals surface area (Å²) in [5.74, 6) is -0.744. The maximum absolute atomic E-state index is 11.4. The molecule has 4 nitrogen and oxygen atoms in total. The molecule has 0 saturated heterocycles. The van der Waals surface area contributed by atoms with Gasteiger partial charge in [0.25, 0.3) is 0 Å². The fourth-order valence-corrected chi connectivity index (χ4v) is 2.54. The van der Waals surface area contributed by atoms with Crippen LogP contribution in [0.15, 0.2) is 6.07 Å². The van der Waals surface area contributed by atoms with Crippen LogP contribution in [0.3, 0.4) is 0 Å². The summed E-state index contributed by atoms with van der Waals surface area (Å²) < 4.78 is 1.71. The zero-order chi connectivity index (χ0) is 11.1. The first-order valence-corrected chi connectivity index (χ1v) is 5.33. The van der Waals surface area contributed by atoms with Gasteiger partial charge in [0.1, 0.15) is 0 Å².